The van der Waals surface area contributed by atoms with Gasteiger partial charge in [0.25, 0.3) is 0 Å². The van der Waals surface area contributed by atoms with Gasteiger partial charge in [-0.1, -0.05) is 27.7 Å². The highest BCUT2D eigenvalue weighted by molar-refractivity contribution is 5.94. The Kier molecular flexibility index (Phi) is 4.16. The topological polar surface area (TPSA) is 88.2 Å². The van der Waals surface area contributed by atoms with Crippen LogP contribution in [0.3, 0.4) is 0 Å². The Labute approximate surface area is 107 Å². The van der Waals surface area contributed by atoms with Gasteiger partial charge in [-0.25, -0.2) is 9.78 Å². The molecular formula is C13H21N3O2. The highest BCUT2D eigenvalue weighted by Crippen LogP contribution is 2.25. The minimum atomic E-state index is -1.04. The molecule has 1 rings (SSSR count). The van der Waals surface area contributed by atoms with E-state index in [1.807, 2.05) is 0 Å². The summed E-state index contributed by atoms with van der Waals surface area (Å²) in [4.78, 5) is 15.0. The lowest BCUT2D eigenvalue weighted by Gasteiger charge is -2.27. The number of carboxylic acids is 1. The van der Waals surface area contributed by atoms with Gasteiger partial charge in [0.05, 0.1) is 17.4 Å². The predicted octanol–water partition coefficient (Wildman–Crippen LogP) is 2.46. The second-order valence-corrected chi connectivity index (χ2v) is 5.61. The van der Waals surface area contributed by atoms with E-state index in [0.29, 0.717) is 11.7 Å². The first-order valence-corrected chi connectivity index (χ1v) is 5.94. The van der Waals surface area contributed by atoms with Crippen molar-refractivity contribution in [2.75, 3.05) is 17.6 Å². The number of nitrogens with two attached hydrogens (primary N) is 1. The molecule has 4 N–H and O–H groups in total. The first-order valence-electron chi connectivity index (χ1n) is 5.94. The van der Waals surface area contributed by atoms with Crippen molar-refractivity contribution < 1.29 is 9.90 Å². The van der Waals surface area contributed by atoms with Crippen molar-refractivity contribution in [3.05, 3.63) is 17.8 Å². The second kappa shape index (κ2) is 5.25. The number of carboxylic acid groups (broad SMARTS) is 1. The largest absolute Gasteiger partial charge is 0.478 e. The molecule has 0 aliphatic rings. The molecule has 0 aliphatic heterocycles. The summed E-state index contributed by atoms with van der Waals surface area (Å²) >= 11 is 0. The first kappa shape index (κ1) is 14.3. The fourth-order valence-electron chi connectivity index (χ4n) is 1.31. The minimum Gasteiger partial charge on any atom is -0.478 e. The molecule has 1 heterocycles. The standard InChI is InChI=1S/C13H21N3O2/c1-8(13(2,3)4)6-15-11-5-9(12(17)18)10(14)7-16-11/h5,7-8H,6,14H2,1-4H3,(H,15,16)(H,17,18). The summed E-state index contributed by atoms with van der Waals surface area (Å²) in [5.41, 5.74) is 5.99. The third-order valence-corrected chi connectivity index (χ3v) is 3.23. The molecule has 0 saturated heterocycles. The normalized spacial score (nSPS) is 13.1. The Morgan fingerprint density at radius 3 is 2.67 bits per heavy atom. The van der Waals surface area contributed by atoms with Crippen LogP contribution in [0.2, 0.25) is 0 Å². The number of rotatable bonds is 4. The molecule has 1 atom stereocenters. The summed E-state index contributed by atoms with van der Waals surface area (Å²) in [5, 5.41) is 12.1. The Morgan fingerprint density at radius 1 is 1.56 bits per heavy atom. The van der Waals surface area contributed by atoms with Gasteiger partial charge in [0, 0.05) is 6.54 Å². The summed E-state index contributed by atoms with van der Waals surface area (Å²) in [6.45, 7) is 9.37. The van der Waals surface area contributed by atoms with Crippen LogP contribution >= 0.6 is 0 Å². The summed E-state index contributed by atoms with van der Waals surface area (Å²) in [7, 11) is 0. The maximum absolute atomic E-state index is 10.9. The van der Waals surface area contributed by atoms with Gasteiger partial charge < -0.3 is 16.2 Å². The van der Waals surface area contributed by atoms with E-state index in [0.717, 1.165) is 6.54 Å². The van der Waals surface area contributed by atoms with E-state index in [1.54, 1.807) is 0 Å². The van der Waals surface area contributed by atoms with Crippen molar-refractivity contribution in [2.24, 2.45) is 11.3 Å². The van der Waals surface area contributed by atoms with Gasteiger partial charge in [-0.05, 0) is 17.4 Å². The average molecular weight is 251 g/mol. The molecule has 1 aromatic heterocycles. The fraction of sp³-hybridized carbons (Fsp3) is 0.538. The van der Waals surface area contributed by atoms with Crippen LogP contribution in [0, 0.1) is 11.3 Å². The molecule has 0 amide bonds. The van der Waals surface area contributed by atoms with Crippen LogP contribution in [0.25, 0.3) is 0 Å². The zero-order valence-electron chi connectivity index (χ0n) is 11.3. The van der Waals surface area contributed by atoms with Crippen molar-refractivity contribution in [3.63, 3.8) is 0 Å². The number of nitrogen functional groups attached to an aromatic ring is 1. The monoisotopic (exact) mass is 251 g/mol. The van der Waals surface area contributed by atoms with Crippen LogP contribution in [0.15, 0.2) is 12.3 Å². The van der Waals surface area contributed by atoms with Gasteiger partial charge in [-0.2, -0.15) is 0 Å². The molecule has 1 aromatic rings. The van der Waals surface area contributed by atoms with E-state index in [4.69, 9.17) is 10.8 Å². The number of hydrogen-bond acceptors (Lipinski definition) is 4. The number of carbonyl (C=O) groups is 1. The molecule has 0 aromatic carbocycles. The Balaban J connectivity index is 2.75. The lowest BCUT2D eigenvalue weighted by molar-refractivity contribution is 0.0698. The number of anilines is 2. The zero-order valence-corrected chi connectivity index (χ0v) is 11.3. The van der Waals surface area contributed by atoms with Gasteiger partial charge >= 0.3 is 5.97 Å². The molecule has 0 saturated carbocycles. The molecule has 1 unspecified atom stereocenters. The quantitative estimate of drug-likeness (QED) is 0.765. The molecule has 5 heteroatoms. The summed E-state index contributed by atoms with van der Waals surface area (Å²) < 4.78 is 0. The Hall–Kier alpha value is -1.78. The minimum absolute atomic E-state index is 0.0795. The van der Waals surface area contributed by atoms with Crippen LogP contribution < -0.4 is 11.1 Å². The third kappa shape index (κ3) is 3.61. The molecule has 100 valence electrons. The van der Waals surface area contributed by atoms with Crippen LogP contribution in [0.4, 0.5) is 11.5 Å². The van der Waals surface area contributed by atoms with E-state index in [2.05, 4.69) is 38.0 Å². The number of nitrogens with one attached hydrogen (secondary N) is 1. The molecule has 0 spiro atoms. The molecule has 0 aliphatic carbocycles. The molecule has 18 heavy (non-hydrogen) atoms. The first-order chi connectivity index (χ1) is 8.21. The molecule has 0 bridgehead atoms. The van der Waals surface area contributed by atoms with Gasteiger partial charge in [0.2, 0.25) is 0 Å². The van der Waals surface area contributed by atoms with Crippen molar-refractivity contribution in [2.45, 2.75) is 27.7 Å². The lowest BCUT2D eigenvalue weighted by atomic mass is 9.82. The van der Waals surface area contributed by atoms with Crippen LogP contribution in [-0.2, 0) is 0 Å². The fourth-order valence-corrected chi connectivity index (χ4v) is 1.31. The van der Waals surface area contributed by atoms with Gasteiger partial charge in [0.1, 0.15) is 5.82 Å². The number of hydrogen-bond donors (Lipinski definition) is 3. The van der Waals surface area contributed by atoms with Crippen LogP contribution in [-0.4, -0.2) is 22.6 Å². The summed E-state index contributed by atoms with van der Waals surface area (Å²) in [6, 6.07) is 1.47. The molecule has 5 nitrogen and oxygen atoms in total. The molecule has 0 radical (unpaired) electrons. The van der Waals surface area contributed by atoms with Crippen LogP contribution in [0.1, 0.15) is 38.1 Å². The number of pyridine rings is 1. The summed E-state index contributed by atoms with van der Waals surface area (Å²) in [5.74, 6) is -0.0651. The highest BCUT2D eigenvalue weighted by atomic mass is 16.4. The van der Waals surface area contributed by atoms with Crippen molar-refractivity contribution >= 4 is 17.5 Å². The van der Waals surface area contributed by atoms with Gasteiger partial charge in [-0.3, -0.25) is 0 Å². The van der Waals surface area contributed by atoms with Crippen molar-refractivity contribution in [1.29, 1.82) is 0 Å². The maximum Gasteiger partial charge on any atom is 0.337 e. The number of aromatic carboxylic acids is 1. The smallest absolute Gasteiger partial charge is 0.337 e. The summed E-state index contributed by atoms with van der Waals surface area (Å²) in [6.07, 6.45) is 1.37. The number of aromatic nitrogens is 1. The number of nitrogens with zero attached hydrogens (tertiary/aromatic N) is 1. The molecular weight excluding hydrogens is 230 g/mol. The third-order valence-electron chi connectivity index (χ3n) is 3.23. The van der Waals surface area contributed by atoms with Gasteiger partial charge in [0.15, 0.2) is 0 Å². The van der Waals surface area contributed by atoms with E-state index in [1.165, 1.54) is 12.3 Å². The van der Waals surface area contributed by atoms with E-state index in [-0.39, 0.29) is 16.7 Å². The molecule has 0 fully saturated rings. The second-order valence-electron chi connectivity index (χ2n) is 5.61. The Bertz CT molecular complexity index is 438. The highest BCUT2D eigenvalue weighted by Gasteiger charge is 2.19. The van der Waals surface area contributed by atoms with E-state index in [9.17, 15) is 4.79 Å². The van der Waals surface area contributed by atoms with E-state index < -0.39 is 5.97 Å². The van der Waals surface area contributed by atoms with Crippen molar-refractivity contribution in [3.8, 4) is 0 Å². The van der Waals surface area contributed by atoms with E-state index >= 15 is 0 Å². The van der Waals surface area contributed by atoms with Gasteiger partial charge in [-0.15, -0.1) is 0 Å². The Morgan fingerprint density at radius 2 is 2.17 bits per heavy atom. The maximum atomic E-state index is 10.9. The SMILES string of the molecule is CC(CNc1cc(C(=O)O)c(N)cn1)C(C)(C)C. The lowest BCUT2D eigenvalue weighted by Crippen LogP contribution is -2.25. The average Bonchev–Trinajstić information content (AvgIpc) is 2.25. The zero-order chi connectivity index (χ0) is 13.9. The van der Waals surface area contributed by atoms with Crippen LogP contribution in [0.5, 0.6) is 0 Å². The van der Waals surface area contributed by atoms with Crippen molar-refractivity contribution in [1.82, 2.24) is 4.98 Å². The predicted molar refractivity (Wildman–Crippen MR) is 72.7 cm³/mol.